The summed E-state index contributed by atoms with van der Waals surface area (Å²) in [4.78, 5) is 0. The van der Waals surface area contributed by atoms with Gasteiger partial charge in [0.1, 0.15) is 0 Å². The third-order valence-electron chi connectivity index (χ3n) is 4.71. The van der Waals surface area contributed by atoms with Gasteiger partial charge in [-0.1, -0.05) is 6.07 Å². The highest BCUT2D eigenvalue weighted by Crippen LogP contribution is 2.33. The van der Waals surface area contributed by atoms with Gasteiger partial charge >= 0.3 is 0 Å². The van der Waals surface area contributed by atoms with Gasteiger partial charge in [0, 0.05) is 37.9 Å². The number of nitrogens with zero attached hydrogens (tertiary/aromatic N) is 2. The average molecular weight is 345 g/mol. The summed E-state index contributed by atoms with van der Waals surface area (Å²) in [6, 6.07) is 6.08. The Hall–Kier alpha value is -2.05. The summed E-state index contributed by atoms with van der Waals surface area (Å²) >= 11 is 0. The van der Waals surface area contributed by atoms with Crippen LogP contribution in [0.4, 0.5) is 0 Å². The zero-order valence-electron chi connectivity index (χ0n) is 15.2. The van der Waals surface area contributed by atoms with Crippen LogP contribution in [0.3, 0.4) is 0 Å². The Kier molecular flexibility index (Phi) is 5.94. The predicted octanol–water partition coefficient (Wildman–Crippen LogP) is 2.35. The first-order valence-corrected chi connectivity index (χ1v) is 8.73. The zero-order valence-corrected chi connectivity index (χ0v) is 15.2. The van der Waals surface area contributed by atoms with Crippen LogP contribution in [0.25, 0.3) is 0 Å². The topological polar surface area (TPSA) is 57.5 Å². The molecule has 1 fully saturated rings. The van der Waals surface area contributed by atoms with Crippen molar-refractivity contribution in [3.8, 4) is 11.5 Å². The first-order valence-electron chi connectivity index (χ1n) is 8.73. The summed E-state index contributed by atoms with van der Waals surface area (Å²) in [5.41, 5.74) is 2.41. The molecule has 3 rings (SSSR count). The van der Waals surface area contributed by atoms with Gasteiger partial charge in [0.25, 0.3) is 0 Å². The molecule has 0 spiro atoms. The monoisotopic (exact) mass is 345 g/mol. The second-order valence-corrected chi connectivity index (χ2v) is 6.43. The highest BCUT2D eigenvalue weighted by Gasteiger charge is 2.30. The fourth-order valence-electron chi connectivity index (χ4n) is 3.35. The number of rotatable bonds is 8. The van der Waals surface area contributed by atoms with Crippen molar-refractivity contribution >= 4 is 0 Å². The fourth-order valence-corrected chi connectivity index (χ4v) is 3.35. The van der Waals surface area contributed by atoms with E-state index in [1.807, 2.05) is 36.3 Å². The minimum atomic E-state index is 0.155. The van der Waals surface area contributed by atoms with Crippen molar-refractivity contribution in [1.82, 2.24) is 15.1 Å². The number of aryl methyl sites for hydroxylation is 1. The lowest BCUT2D eigenvalue weighted by molar-refractivity contribution is 0.0905. The number of hydrogen-bond acceptors (Lipinski definition) is 5. The lowest BCUT2D eigenvalue weighted by atomic mass is 9.97. The normalized spacial score (nSPS) is 20.0. The Morgan fingerprint density at radius 3 is 2.84 bits per heavy atom. The van der Waals surface area contributed by atoms with Gasteiger partial charge in [-0.05, 0) is 37.1 Å². The van der Waals surface area contributed by atoms with Crippen molar-refractivity contribution in [2.24, 2.45) is 13.0 Å². The number of methoxy groups -OCH3 is 2. The summed E-state index contributed by atoms with van der Waals surface area (Å²) in [5, 5.41) is 7.83. The maximum Gasteiger partial charge on any atom is 0.160 e. The Bertz CT molecular complexity index is 686. The second kappa shape index (κ2) is 8.36. The van der Waals surface area contributed by atoms with Gasteiger partial charge in [-0.15, -0.1) is 0 Å². The second-order valence-electron chi connectivity index (χ2n) is 6.43. The van der Waals surface area contributed by atoms with Crippen LogP contribution >= 0.6 is 0 Å². The molecule has 0 aliphatic carbocycles. The number of ether oxygens (including phenoxy) is 3. The van der Waals surface area contributed by atoms with Crippen molar-refractivity contribution in [3.63, 3.8) is 0 Å². The smallest absolute Gasteiger partial charge is 0.160 e. The SMILES string of the molecule is COc1ccc(CCNC[C@H]2CCO[C@@H]2c2cnn(C)c2)cc1OC. The summed E-state index contributed by atoms with van der Waals surface area (Å²) in [7, 11) is 5.26. The molecule has 0 amide bonds. The van der Waals surface area contributed by atoms with Crippen molar-refractivity contribution in [2.45, 2.75) is 18.9 Å². The number of hydrogen-bond donors (Lipinski definition) is 1. The molecule has 1 aliphatic heterocycles. The van der Waals surface area contributed by atoms with E-state index in [-0.39, 0.29) is 6.10 Å². The zero-order chi connectivity index (χ0) is 17.6. The third-order valence-corrected chi connectivity index (χ3v) is 4.71. The molecule has 2 heterocycles. The molecule has 1 aromatic carbocycles. The maximum atomic E-state index is 5.91. The van der Waals surface area contributed by atoms with E-state index in [0.29, 0.717) is 5.92 Å². The molecule has 136 valence electrons. The van der Waals surface area contributed by atoms with Crippen LogP contribution in [-0.2, 0) is 18.2 Å². The van der Waals surface area contributed by atoms with E-state index in [4.69, 9.17) is 14.2 Å². The van der Waals surface area contributed by atoms with Crippen molar-refractivity contribution in [2.75, 3.05) is 33.9 Å². The van der Waals surface area contributed by atoms with E-state index in [1.54, 1.807) is 14.2 Å². The number of nitrogens with one attached hydrogen (secondary N) is 1. The van der Waals surface area contributed by atoms with Crippen molar-refractivity contribution in [3.05, 3.63) is 41.7 Å². The van der Waals surface area contributed by atoms with E-state index in [2.05, 4.69) is 16.5 Å². The number of benzene rings is 1. The largest absolute Gasteiger partial charge is 0.493 e. The standard InChI is InChI=1S/C19H27N3O3/c1-22-13-16(12-21-22)19-15(7-9-25-19)11-20-8-6-14-4-5-17(23-2)18(10-14)24-3/h4-5,10,12-13,15,19-20H,6-9,11H2,1-3H3/t15-,19+/m1/s1. The summed E-state index contributed by atoms with van der Waals surface area (Å²) in [5.74, 6) is 2.04. The molecule has 25 heavy (non-hydrogen) atoms. The van der Waals surface area contributed by atoms with Gasteiger partial charge in [0.05, 0.1) is 26.5 Å². The molecular weight excluding hydrogens is 318 g/mol. The van der Waals surface area contributed by atoms with Crippen LogP contribution in [0.5, 0.6) is 11.5 Å². The van der Waals surface area contributed by atoms with Gasteiger partial charge in [-0.25, -0.2) is 0 Å². The van der Waals surface area contributed by atoms with Gasteiger partial charge in [-0.3, -0.25) is 4.68 Å². The van der Waals surface area contributed by atoms with Crippen LogP contribution < -0.4 is 14.8 Å². The lowest BCUT2D eigenvalue weighted by Gasteiger charge is -2.18. The van der Waals surface area contributed by atoms with Gasteiger partial charge < -0.3 is 19.5 Å². The van der Waals surface area contributed by atoms with E-state index in [0.717, 1.165) is 44.0 Å². The molecule has 0 bridgehead atoms. The maximum absolute atomic E-state index is 5.91. The third kappa shape index (κ3) is 4.32. The van der Waals surface area contributed by atoms with Gasteiger partial charge in [-0.2, -0.15) is 5.10 Å². The molecule has 0 radical (unpaired) electrons. The summed E-state index contributed by atoms with van der Waals surface area (Å²) in [6.07, 6.45) is 6.15. The first-order chi connectivity index (χ1) is 12.2. The predicted molar refractivity (Wildman–Crippen MR) is 96.1 cm³/mol. The molecule has 1 aliphatic rings. The molecular formula is C19H27N3O3. The van der Waals surface area contributed by atoms with Crippen LogP contribution in [0, 0.1) is 5.92 Å². The molecule has 1 N–H and O–H groups in total. The summed E-state index contributed by atoms with van der Waals surface area (Å²) < 4.78 is 18.4. The highest BCUT2D eigenvalue weighted by atomic mass is 16.5. The van der Waals surface area contributed by atoms with Crippen LogP contribution in [0.1, 0.15) is 23.7 Å². The van der Waals surface area contributed by atoms with Gasteiger partial charge in [0.15, 0.2) is 11.5 Å². The quantitative estimate of drug-likeness (QED) is 0.744. The van der Waals surface area contributed by atoms with Crippen molar-refractivity contribution in [1.29, 1.82) is 0 Å². The molecule has 1 aromatic heterocycles. The Balaban J connectivity index is 1.48. The Morgan fingerprint density at radius 1 is 1.28 bits per heavy atom. The minimum absolute atomic E-state index is 0.155. The highest BCUT2D eigenvalue weighted by molar-refractivity contribution is 5.42. The Labute approximate surface area is 149 Å². The van der Waals surface area contributed by atoms with Gasteiger partial charge in [0.2, 0.25) is 0 Å². The summed E-state index contributed by atoms with van der Waals surface area (Å²) in [6.45, 7) is 2.69. The average Bonchev–Trinajstić information content (AvgIpc) is 3.27. The van der Waals surface area contributed by atoms with E-state index >= 15 is 0 Å². The molecule has 2 aromatic rings. The molecule has 0 saturated carbocycles. The lowest BCUT2D eigenvalue weighted by Crippen LogP contribution is -2.26. The first kappa shape index (κ1) is 17.8. The van der Waals surface area contributed by atoms with Crippen LogP contribution in [0.15, 0.2) is 30.6 Å². The fraction of sp³-hybridized carbons (Fsp3) is 0.526. The molecule has 6 heteroatoms. The van der Waals surface area contributed by atoms with E-state index < -0.39 is 0 Å². The van der Waals surface area contributed by atoms with Crippen LogP contribution in [0.2, 0.25) is 0 Å². The Morgan fingerprint density at radius 2 is 2.12 bits per heavy atom. The van der Waals surface area contributed by atoms with E-state index in [9.17, 15) is 0 Å². The van der Waals surface area contributed by atoms with Crippen LogP contribution in [-0.4, -0.2) is 43.7 Å². The van der Waals surface area contributed by atoms with E-state index in [1.165, 1.54) is 11.1 Å². The number of aromatic nitrogens is 2. The van der Waals surface area contributed by atoms with Crippen molar-refractivity contribution < 1.29 is 14.2 Å². The molecule has 2 atom stereocenters. The molecule has 0 unspecified atom stereocenters. The molecule has 1 saturated heterocycles. The molecule has 6 nitrogen and oxygen atoms in total. The minimum Gasteiger partial charge on any atom is -0.493 e.